The maximum atomic E-state index is 11.0. The molecule has 0 saturated carbocycles. The topological polar surface area (TPSA) is 54.9 Å². The van der Waals surface area contributed by atoms with Gasteiger partial charge in [0.25, 0.3) is 0 Å². The molecule has 11 heavy (non-hydrogen) atoms. The number of nitrogens with one attached hydrogen (secondary N) is 1. The van der Waals surface area contributed by atoms with E-state index in [9.17, 15) is 9.59 Å². The molecule has 0 aliphatic heterocycles. The molecule has 1 aromatic rings. The number of aromatic nitrogens is 2. The first-order chi connectivity index (χ1) is 5.15. The maximum absolute atomic E-state index is 11.0. The summed E-state index contributed by atoms with van der Waals surface area (Å²) in [5.74, 6) is 0. The quantitative estimate of drug-likeness (QED) is 0.531. The Kier molecular flexibility index (Phi) is 3.10. The van der Waals surface area contributed by atoms with Gasteiger partial charge in [-0.1, -0.05) is 0 Å². The summed E-state index contributed by atoms with van der Waals surface area (Å²) in [6.07, 6.45) is 1.60. The number of aryl methyl sites for hydroxylation is 1. The van der Waals surface area contributed by atoms with Crippen LogP contribution in [0.2, 0.25) is 0 Å². The molecule has 0 fully saturated rings. The van der Waals surface area contributed by atoms with E-state index in [0.717, 1.165) is 0 Å². The first kappa shape index (κ1) is 9.23. The Hall–Kier alpha value is 0.140. The van der Waals surface area contributed by atoms with Crippen molar-refractivity contribution in [1.82, 2.24) is 7.76 Å². The van der Waals surface area contributed by atoms with Gasteiger partial charge in [-0.3, -0.25) is 0 Å². The van der Waals surface area contributed by atoms with Gasteiger partial charge in [-0.2, -0.15) is 0 Å². The Bertz CT molecular complexity index is 367. The van der Waals surface area contributed by atoms with Gasteiger partial charge >= 0.3 is 83.4 Å². The van der Waals surface area contributed by atoms with Crippen LogP contribution in [0, 0.1) is 6.92 Å². The molecule has 0 aromatic carbocycles. The van der Waals surface area contributed by atoms with Gasteiger partial charge in [-0.05, 0) is 0 Å². The van der Waals surface area contributed by atoms with Crippen LogP contribution in [-0.4, -0.2) is 7.76 Å². The molecule has 0 aliphatic rings. The van der Waals surface area contributed by atoms with E-state index in [4.69, 9.17) is 0 Å². The second-order valence-electron chi connectivity index (χ2n) is 1.95. The van der Waals surface area contributed by atoms with Gasteiger partial charge in [0.1, 0.15) is 0 Å². The second kappa shape index (κ2) is 3.70. The van der Waals surface area contributed by atoms with Crippen molar-refractivity contribution in [1.29, 1.82) is 0 Å². The van der Waals surface area contributed by atoms with E-state index in [0.29, 0.717) is 5.56 Å². The number of hydrogen-bond donors (Lipinski definition) is 1. The molecule has 1 heterocycles. The van der Waals surface area contributed by atoms with Crippen LogP contribution >= 0.6 is 18.6 Å². The number of nitrogens with zero attached hydrogens (tertiary/aromatic N) is 1. The zero-order valence-electron chi connectivity index (χ0n) is 5.60. The minimum absolute atomic E-state index is 0.292. The van der Waals surface area contributed by atoms with Crippen molar-refractivity contribution >= 4 is 18.6 Å². The number of halogens is 2. The molecule has 0 saturated heterocycles. The molecule has 0 atom stereocenters. The van der Waals surface area contributed by atoms with Crippen LogP contribution in [0.15, 0.2) is 15.8 Å². The van der Waals surface area contributed by atoms with Crippen molar-refractivity contribution in [2.24, 2.45) is 0 Å². The summed E-state index contributed by atoms with van der Waals surface area (Å²) in [5.41, 5.74) is -0.0103. The van der Waals surface area contributed by atoms with Gasteiger partial charge < -0.3 is 0 Å². The van der Waals surface area contributed by atoms with Gasteiger partial charge in [0, 0.05) is 0 Å². The summed E-state index contributed by atoms with van der Waals surface area (Å²) in [6, 6.07) is 0. The third-order valence-corrected chi connectivity index (χ3v) is 4.89. The summed E-state index contributed by atoms with van der Waals surface area (Å²) in [7, 11) is 0. The molecule has 1 N–H and O–H groups in total. The molecule has 4 nitrogen and oxygen atoms in total. The van der Waals surface area contributed by atoms with Gasteiger partial charge in [0.05, 0.1) is 0 Å². The van der Waals surface area contributed by atoms with Gasteiger partial charge in [0.2, 0.25) is 0 Å². The number of hydrogen-bond acceptors (Lipinski definition) is 2. The third-order valence-electron chi connectivity index (χ3n) is 1.15. The molecular formula is C5H5I2N2O2-. The average Bonchev–Trinajstić information content (AvgIpc) is 1.97. The van der Waals surface area contributed by atoms with E-state index in [1.54, 1.807) is 15.9 Å². The molecule has 0 radical (unpaired) electrons. The SMILES string of the molecule is Cc1cn([I-]I)c(=O)[nH]c1=O. The predicted octanol–water partition coefficient (Wildman–Crippen LogP) is -2.95. The number of aromatic amines is 1. The van der Waals surface area contributed by atoms with E-state index < -0.39 is 0 Å². The number of rotatable bonds is 1. The van der Waals surface area contributed by atoms with Crippen LogP contribution in [0.25, 0.3) is 0 Å². The summed E-state index contributed by atoms with van der Waals surface area (Å²) in [6.45, 7) is 1.69. The van der Waals surface area contributed by atoms with Crippen LogP contribution in [0.3, 0.4) is 0 Å². The Morgan fingerprint density at radius 2 is 2.27 bits per heavy atom. The molecule has 1 aromatic heterocycles. The van der Waals surface area contributed by atoms with E-state index in [1.165, 1.54) is 0 Å². The zero-order chi connectivity index (χ0) is 8.43. The molecule has 0 aliphatic carbocycles. The van der Waals surface area contributed by atoms with E-state index in [2.05, 4.69) is 23.6 Å². The molecule has 0 unspecified atom stereocenters. The van der Waals surface area contributed by atoms with E-state index >= 15 is 0 Å². The molecule has 62 valence electrons. The Balaban J connectivity index is 3.45. The van der Waals surface area contributed by atoms with E-state index in [-0.39, 0.29) is 28.8 Å². The van der Waals surface area contributed by atoms with Crippen molar-refractivity contribution in [3.8, 4) is 0 Å². The monoisotopic (exact) mass is 379 g/mol. The van der Waals surface area contributed by atoms with Crippen LogP contribution in [0.4, 0.5) is 0 Å². The number of H-pyrrole nitrogens is 1. The molecule has 0 amide bonds. The van der Waals surface area contributed by atoms with Crippen LogP contribution in [0.5, 0.6) is 0 Å². The van der Waals surface area contributed by atoms with Crippen LogP contribution in [-0.2, 0) is 0 Å². The first-order valence-corrected chi connectivity index (χ1v) is 9.99. The fraction of sp³-hybridized carbons (Fsp3) is 0.200. The van der Waals surface area contributed by atoms with Gasteiger partial charge in [-0.25, -0.2) is 0 Å². The molecule has 0 spiro atoms. The Labute approximate surface area is 82.8 Å². The minimum atomic E-state index is -0.338. The zero-order valence-corrected chi connectivity index (χ0v) is 9.91. The molecular weight excluding hydrogens is 374 g/mol. The standard InChI is InChI=1S/C5H5I2N2O2/c1-3-2-9(7-6)5(11)8-4(3)10/h2H,1H3,(H,8,10,11)/q-1. The van der Waals surface area contributed by atoms with Crippen molar-refractivity contribution in [2.75, 3.05) is 0 Å². The first-order valence-electron chi connectivity index (χ1n) is 2.74. The van der Waals surface area contributed by atoms with Gasteiger partial charge in [0.15, 0.2) is 0 Å². The summed E-state index contributed by atoms with van der Waals surface area (Å²) in [4.78, 5) is 24.0. The summed E-state index contributed by atoms with van der Waals surface area (Å²) < 4.78 is 1.55. The van der Waals surface area contributed by atoms with Crippen molar-refractivity contribution in [3.05, 3.63) is 32.6 Å². The van der Waals surface area contributed by atoms with Crippen molar-refractivity contribution in [3.63, 3.8) is 0 Å². The van der Waals surface area contributed by atoms with Crippen LogP contribution in [0.1, 0.15) is 5.56 Å². The fourth-order valence-corrected chi connectivity index (χ4v) is 3.21. The Morgan fingerprint density at radius 3 is 2.82 bits per heavy atom. The predicted molar refractivity (Wildman–Crippen MR) is 45.5 cm³/mol. The fourth-order valence-electron chi connectivity index (χ4n) is 0.584. The average molecular weight is 379 g/mol. The molecule has 1 rings (SSSR count). The third kappa shape index (κ3) is 2.04. The van der Waals surface area contributed by atoms with E-state index in [1.807, 2.05) is 0 Å². The summed E-state index contributed by atoms with van der Waals surface area (Å²) in [5, 5.41) is 0. The van der Waals surface area contributed by atoms with Crippen LogP contribution < -0.4 is 28.8 Å². The van der Waals surface area contributed by atoms with Crippen molar-refractivity contribution < 1.29 is 17.5 Å². The van der Waals surface area contributed by atoms with Gasteiger partial charge in [-0.15, -0.1) is 0 Å². The Morgan fingerprint density at radius 1 is 1.64 bits per heavy atom. The second-order valence-corrected chi connectivity index (χ2v) is 5.80. The summed E-state index contributed by atoms with van der Waals surface area (Å²) >= 11 is 1.82. The molecule has 0 bridgehead atoms. The normalized spacial score (nSPS) is 10.4. The molecule has 6 heteroatoms. The van der Waals surface area contributed by atoms with Crippen molar-refractivity contribution in [2.45, 2.75) is 6.92 Å².